The number of anilines is 1. The molecule has 0 heterocycles. The van der Waals surface area contributed by atoms with Crippen molar-refractivity contribution >= 4 is 5.69 Å². The fraction of sp³-hybridized carbons (Fsp3) is 0.364. The summed E-state index contributed by atoms with van der Waals surface area (Å²) in [4.78, 5) is 0. The van der Waals surface area contributed by atoms with Crippen LogP contribution < -0.4 is 5.32 Å². The van der Waals surface area contributed by atoms with Crippen LogP contribution in [0.5, 0.6) is 0 Å². The third-order valence-corrected chi connectivity index (χ3v) is 2.49. The number of nitrogens with one attached hydrogen (secondary N) is 1. The van der Waals surface area contributed by atoms with E-state index in [0.29, 0.717) is 6.04 Å². The van der Waals surface area contributed by atoms with Crippen LogP contribution in [0.3, 0.4) is 0 Å². The first-order chi connectivity index (χ1) is 6.38. The van der Waals surface area contributed by atoms with Crippen molar-refractivity contribution in [2.24, 2.45) is 0 Å². The van der Waals surface area contributed by atoms with Gasteiger partial charge in [-0.3, -0.25) is 0 Å². The lowest BCUT2D eigenvalue weighted by molar-refractivity contribution is 0.445. The molecule has 66 valence electrons. The first kappa shape index (κ1) is 8.12. The largest absolute Gasteiger partial charge is 0.382 e. The van der Waals surface area contributed by atoms with Gasteiger partial charge in [-0.1, -0.05) is 0 Å². The van der Waals surface area contributed by atoms with Crippen molar-refractivity contribution in [2.45, 2.75) is 25.3 Å². The average molecular weight is 172 g/mol. The van der Waals surface area contributed by atoms with E-state index in [9.17, 15) is 0 Å². The Bertz CT molecular complexity index is 317. The minimum Gasteiger partial charge on any atom is -0.382 e. The highest BCUT2D eigenvalue weighted by Crippen LogP contribution is 2.23. The highest BCUT2D eigenvalue weighted by Gasteiger charge is 2.16. The zero-order chi connectivity index (χ0) is 9.10. The Morgan fingerprint density at radius 1 is 1.23 bits per heavy atom. The summed E-state index contributed by atoms with van der Waals surface area (Å²) in [6.45, 7) is 0. The minimum atomic E-state index is 0.660. The third kappa shape index (κ3) is 1.81. The quantitative estimate of drug-likeness (QED) is 0.744. The molecule has 1 saturated carbocycles. The van der Waals surface area contributed by atoms with Crippen LogP contribution in [0.25, 0.3) is 0 Å². The fourth-order valence-corrected chi connectivity index (χ4v) is 1.43. The first-order valence-corrected chi connectivity index (χ1v) is 4.65. The van der Waals surface area contributed by atoms with E-state index in [2.05, 4.69) is 11.4 Å². The van der Waals surface area contributed by atoms with Crippen molar-refractivity contribution in [2.75, 3.05) is 5.32 Å². The fourth-order valence-electron chi connectivity index (χ4n) is 1.43. The average Bonchev–Trinajstić information content (AvgIpc) is 2.12. The summed E-state index contributed by atoms with van der Waals surface area (Å²) in [6.07, 6.45) is 3.90. The molecule has 0 bridgehead atoms. The molecule has 0 atom stereocenters. The lowest BCUT2D eigenvalue weighted by atomic mass is 9.93. The Kier molecular flexibility index (Phi) is 2.18. The van der Waals surface area contributed by atoms with Gasteiger partial charge in [0, 0.05) is 11.7 Å². The molecule has 1 aromatic carbocycles. The topological polar surface area (TPSA) is 35.8 Å². The summed E-state index contributed by atoms with van der Waals surface area (Å²) >= 11 is 0. The van der Waals surface area contributed by atoms with Crippen LogP contribution in [0, 0.1) is 11.3 Å². The van der Waals surface area contributed by atoms with Gasteiger partial charge in [-0.15, -0.1) is 0 Å². The second-order valence-electron chi connectivity index (χ2n) is 3.46. The van der Waals surface area contributed by atoms with Gasteiger partial charge in [0.2, 0.25) is 0 Å². The van der Waals surface area contributed by atoms with Crippen molar-refractivity contribution in [3.05, 3.63) is 29.8 Å². The van der Waals surface area contributed by atoms with Crippen LogP contribution >= 0.6 is 0 Å². The van der Waals surface area contributed by atoms with E-state index in [4.69, 9.17) is 5.26 Å². The van der Waals surface area contributed by atoms with Crippen molar-refractivity contribution in [3.63, 3.8) is 0 Å². The van der Waals surface area contributed by atoms with Crippen LogP contribution in [0.1, 0.15) is 24.8 Å². The maximum absolute atomic E-state index is 8.60. The molecule has 0 radical (unpaired) electrons. The van der Waals surface area contributed by atoms with Gasteiger partial charge in [0.15, 0.2) is 0 Å². The molecule has 1 aromatic rings. The molecule has 0 aliphatic heterocycles. The normalized spacial score (nSPS) is 15.9. The molecule has 2 rings (SSSR count). The second kappa shape index (κ2) is 3.49. The highest BCUT2D eigenvalue weighted by atomic mass is 14.9. The van der Waals surface area contributed by atoms with Crippen molar-refractivity contribution in [1.82, 2.24) is 0 Å². The van der Waals surface area contributed by atoms with Gasteiger partial charge in [-0.05, 0) is 43.5 Å². The molecule has 0 amide bonds. The van der Waals surface area contributed by atoms with Crippen LogP contribution in [-0.4, -0.2) is 6.04 Å². The molecule has 0 saturated heterocycles. The van der Waals surface area contributed by atoms with Crippen molar-refractivity contribution < 1.29 is 0 Å². The predicted molar refractivity (Wildman–Crippen MR) is 52.4 cm³/mol. The molecule has 1 aliphatic rings. The maximum Gasteiger partial charge on any atom is 0.0991 e. The molecule has 2 nitrogen and oxygen atoms in total. The van der Waals surface area contributed by atoms with Crippen LogP contribution in [-0.2, 0) is 0 Å². The highest BCUT2D eigenvalue weighted by molar-refractivity contribution is 5.48. The predicted octanol–water partition coefficient (Wildman–Crippen LogP) is 2.52. The van der Waals surface area contributed by atoms with E-state index in [1.54, 1.807) is 0 Å². The van der Waals surface area contributed by atoms with Gasteiger partial charge in [0.1, 0.15) is 0 Å². The summed E-state index contributed by atoms with van der Waals surface area (Å²) in [5.74, 6) is 0. The van der Waals surface area contributed by atoms with Crippen LogP contribution in [0.15, 0.2) is 24.3 Å². The lowest BCUT2D eigenvalue weighted by Crippen LogP contribution is -2.26. The SMILES string of the molecule is N#Cc1ccc(NC2CCC2)cc1. The molecule has 0 unspecified atom stereocenters. The van der Waals surface area contributed by atoms with Gasteiger partial charge in [0.25, 0.3) is 0 Å². The van der Waals surface area contributed by atoms with Crippen molar-refractivity contribution in [3.8, 4) is 6.07 Å². The first-order valence-electron chi connectivity index (χ1n) is 4.65. The molecule has 0 aromatic heterocycles. The van der Waals surface area contributed by atoms with Gasteiger partial charge in [0.05, 0.1) is 11.6 Å². The van der Waals surface area contributed by atoms with E-state index in [-0.39, 0.29) is 0 Å². The summed E-state index contributed by atoms with van der Waals surface area (Å²) in [5, 5.41) is 12.0. The molecule has 1 fully saturated rings. The van der Waals surface area contributed by atoms with Crippen LogP contribution in [0.2, 0.25) is 0 Å². The molecule has 1 N–H and O–H groups in total. The Hall–Kier alpha value is -1.49. The van der Waals surface area contributed by atoms with E-state index < -0.39 is 0 Å². The Labute approximate surface area is 78.2 Å². The Balaban J connectivity index is 2.01. The number of nitriles is 1. The zero-order valence-electron chi connectivity index (χ0n) is 7.46. The molecule has 0 spiro atoms. The number of benzene rings is 1. The second-order valence-corrected chi connectivity index (χ2v) is 3.46. The third-order valence-electron chi connectivity index (χ3n) is 2.49. The molecular weight excluding hydrogens is 160 g/mol. The van der Waals surface area contributed by atoms with Gasteiger partial charge in [-0.2, -0.15) is 5.26 Å². The number of nitrogens with zero attached hydrogens (tertiary/aromatic N) is 1. The summed E-state index contributed by atoms with van der Waals surface area (Å²) in [6, 6.07) is 10.4. The monoisotopic (exact) mass is 172 g/mol. The van der Waals surface area contributed by atoms with E-state index in [0.717, 1.165) is 11.3 Å². The smallest absolute Gasteiger partial charge is 0.0991 e. The van der Waals surface area contributed by atoms with Gasteiger partial charge in [-0.25, -0.2) is 0 Å². The maximum atomic E-state index is 8.60. The van der Waals surface area contributed by atoms with Gasteiger partial charge >= 0.3 is 0 Å². The van der Waals surface area contributed by atoms with E-state index in [1.807, 2.05) is 24.3 Å². The van der Waals surface area contributed by atoms with Crippen molar-refractivity contribution in [1.29, 1.82) is 5.26 Å². The molecular formula is C11H12N2. The van der Waals surface area contributed by atoms with Crippen LogP contribution in [0.4, 0.5) is 5.69 Å². The Morgan fingerprint density at radius 3 is 2.38 bits per heavy atom. The number of rotatable bonds is 2. The molecule has 2 heteroatoms. The number of hydrogen-bond donors (Lipinski definition) is 1. The summed E-state index contributed by atoms with van der Waals surface area (Å²) in [7, 11) is 0. The molecule has 1 aliphatic carbocycles. The van der Waals surface area contributed by atoms with E-state index >= 15 is 0 Å². The lowest BCUT2D eigenvalue weighted by Gasteiger charge is -2.27. The Morgan fingerprint density at radius 2 is 1.92 bits per heavy atom. The molecule has 13 heavy (non-hydrogen) atoms. The minimum absolute atomic E-state index is 0.660. The standard InChI is InChI=1S/C11H12N2/c12-8-9-4-6-11(7-5-9)13-10-2-1-3-10/h4-7,10,13H,1-3H2. The summed E-state index contributed by atoms with van der Waals surface area (Å²) in [5.41, 5.74) is 1.85. The summed E-state index contributed by atoms with van der Waals surface area (Å²) < 4.78 is 0. The number of hydrogen-bond acceptors (Lipinski definition) is 2. The van der Waals surface area contributed by atoms with E-state index in [1.165, 1.54) is 19.3 Å². The zero-order valence-corrected chi connectivity index (χ0v) is 7.46. The van der Waals surface area contributed by atoms with Gasteiger partial charge < -0.3 is 5.32 Å².